The third-order valence-electron chi connectivity index (χ3n) is 2.32. The van der Waals surface area contributed by atoms with Crippen LogP contribution in [-0.4, -0.2) is 14.4 Å². The van der Waals surface area contributed by atoms with Crippen molar-refractivity contribution in [3.8, 4) is 0 Å². The number of fused-ring (bicyclic) bond motifs is 1. The van der Waals surface area contributed by atoms with E-state index >= 15 is 0 Å². The Hall–Kier alpha value is -1.44. The second-order valence-corrected chi connectivity index (χ2v) is 4.58. The standard InChI is InChI=1S/C11H6BBrF3NO2/c12-18-5-17-4-8-2-6-1-7(13)3-9(10(6)19-8)11(14,15)16/h1-3,5H,4H2. The molecule has 0 unspecified atom stereocenters. The Morgan fingerprint density at radius 3 is 2.74 bits per heavy atom. The molecule has 0 aliphatic heterocycles. The van der Waals surface area contributed by atoms with Gasteiger partial charge in [-0.2, -0.15) is 13.2 Å². The molecule has 3 nitrogen and oxygen atoms in total. The van der Waals surface area contributed by atoms with Crippen LogP contribution in [0.2, 0.25) is 0 Å². The molecule has 0 spiro atoms. The molecule has 8 heteroatoms. The first-order chi connectivity index (χ1) is 8.91. The summed E-state index contributed by atoms with van der Waals surface area (Å²) >= 11 is 3.04. The number of benzene rings is 1. The summed E-state index contributed by atoms with van der Waals surface area (Å²) in [6.45, 7) is 0.0425. The van der Waals surface area contributed by atoms with Crippen LogP contribution >= 0.6 is 15.9 Å². The van der Waals surface area contributed by atoms with Crippen molar-refractivity contribution >= 4 is 41.3 Å². The number of hydrogen-bond acceptors (Lipinski definition) is 3. The summed E-state index contributed by atoms with van der Waals surface area (Å²) in [7, 11) is 4.73. The van der Waals surface area contributed by atoms with E-state index in [0.717, 1.165) is 12.5 Å². The fourth-order valence-corrected chi connectivity index (χ4v) is 2.10. The zero-order valence-electron chi connectivity index (χ0n) is 9.37. The lowest BCUT2D eigenvalue weighted by atomic mass is 10.1. The van der Waals surface area contributed by atoms with E-state index in [-0.39, 0.29) is 17.9 Å². The van der Waals surface area contributed by atoms with E-state index in [2.05, 4.69) is 25.6 Å². The van der Waals surface area contributed by atoms with Gasteiger partial charge in [-0.15, -0.1) is 0 Å². The van der Waals surface area contributed by atoms with Gasteiger partial charge < -0.3 is 9.07 Å². The molecule has 98 valence electrons. The van der Waals surface area contributed by atoms with Gasteiger partial charge in [0.2, 0.25) is 0 Å². The van der Waals surface area contributed by atoms with E-state index in [1.54, 1.807) is 6.07 Å². The molecule has 2 aromatic rings. The minimum Gasteiger partial charge on any atom is -0.560 e. The van der Waals surface area contributed by atoms with Crippen LogP contribution in [0.25, 0.3) is 11.0 Å². The highest BCUT2D eigenvalue weighted by Crippen LogP contribution is 2.38. The molecule has 2 radical (unpaired) electrons. The normalized spacial score (nSPS) is 12.4. The van der Waals surface area contributed by atoms with Gasteiger partial charge in [0, 0.05) is 9.86 Å². The van der Waals surface area contributed by atoms with Crippen LogP contribution in [-0.2, 0) is 17.4 Å². The third-order valence-corrected chi connectivity index (χ3v) is 2.78. The molecule has 1 heterocycles. The molecular formula is C11H6BBrF3NO2. The van der Waals surface area contributed by atoms with Crippen LogP contribution in [0.1, 0.15) is 11.3 Å². The number of rotatable bonds is 3. The van der Waals surface area contributed by atoms with Crippen molar-refractivity contribution in [3.63, 3.8) is 0 Å². The van der Waals surface area contributed by atoms with Crippen molar-refractivity contribution in [2.45, 2.75) is 12.7 Å². The zero-order chi connectivity index (χ0) is 14.0. The van der Waals surface area contributed by atoms with Crippen molar-refractivity contribution in [2.24, 2.45) is 4.99 Å². The van der Waals surface area contributed by atoms with Gasteiger partial charge in [-0.3, -0.25) is 4.99 Å². The molecule has 0 bridgehead atoms. The fraction of sp³-hybridized carbons (Fsp3) is 0.182. The second kappa shape index (κ2) is 5.28. The van der Waals surface area contributed by atoms with Crippen molar-refractivity contribution in [1.82, 2.24) is 0 Å². The minimum absolute atomic E-state index is 0.0425. The van der Waals surface area contributed by atoms with Gasteiger partial charge in [-0.25, -0.2) is 0 Å². The maximum Gasteiger partial charge on any atom is 0.420 e. The summed E-state index contributed by atoms with van der Waals surface area (Å²) in [5, 5.41) is 0.348. The molecule has 0 saturated carbocycles. The molecule has 0 saturated heterocycles. The maximum atomic E-state index is 12.9. The van der Waals surface area contributed by atoms with Gasteiger partial charge in [-0.1, -0.05) is 15.9 Å². The SMILES string of the molecule is [B]OC=NCc1cc2cc(Br)cc(C(F)(F)F)c2o1. The molecule has 19 heavy (non-hydrogen) atoms. The second-order valence-electron chi connectivity index (χ2n) is 3.66. The van der Waals surface area contributed by atoms with E-state index < -0.39 is 11.7 Å². The highest BCUT2D eigenvalue weighted by Gasteiger charge is 2.34. The predicted octanol–water partition coefficient (Wildman–Crippen LogP) is 3.84. The Bertz CT molecular complexity index is 624. The first-order valence-corrected chi connectivity index (χ1v) is 5.84. The monoisotopic (exact) mass is 331 g/mol. The molecule has 0 amide bonds. The lowest BCUT2D eigenvalue weighted by Crippen LogP contribution is -2.05. The Balaban J connectivity index is 2.49. The Morgan fingerprint density at radius 2 is 2.11 bits per heavy atom. The van der Waals surface area contributed by atoms with E-state index in [1.807, 2.05) is 0 Å². The number of aliphatic imine (C=N–C) groups is 1. The van der Waals surface area contributed by atoms with E-state index in [9.17, 15) is 13.2 Å². The summed E-state index contributed by atoms with van der Waals surface area (Å²) in [5.74, 6) is 0.284. The van der Waals surface area contributed by atoms with Gasteiger partial charge in [0.05, 0.1) is 5.56 Å². The van der Waals surface area contributed by atoms with Crippen LogP contribution in [0.3, 0.4) is 0 Å². The molecule has 0 aliphatic rings. The molecule has 0 aliphatic carbocycles. The minimum atomic E-state index is -4.49. The van der Waals surface area contributed by atoms with Crippen molar-refractivity contribution < 1.29 is 22.2 Å². The lowest BCUT2D eigenvalue weighted by molar-refractivity contribution is -0.136. The summed E-state index contributed by atoms with van der Waals surface area (Å²) < 4.78 is 48.2. The lowest BCUT2D eigenvalue weighted by Gasteiger charge is -2.07. The first kappa shape index (κ1) is 14.0. The average Bonchev–Trinajstić information content (AvgIpc) is 2.69. The molecule has 0 fully saturated rings. The van der Waals surface area contributed by atoms with Crippen molar-refractivity contribution in [1.29, 1.82) is 0 Å². The summed E-state index contributed by atoms with van der Waals surface area (Å²) in [6, 6.07) is 4.01. The quantitative estimate of drug-likeness (QED) is 0.486. The third kappa shape index (κ3) is 3.12. The van der Waals surface area contributed by atoms with Crippen molar-refractivity contribution in [3.05, 3.63) is 34.0 Å². The Kier molecular flexibility index (Phi) is 3.89. The summed E-state index contributed by atoms with van der Waals surface area (Å²) in [4.78, 5) is 3.71. The summed E-state index contributed by atoms with van der Waals surface area (Å²) in [5.41, 5.74) is -1.04. The van der Waals surface area contributed by atoms with E-state index in [1.165, 1.54) is 6.07 Å². The zero-order valence-corrected chi connectivity index (χ0v) is 11.0. The van der Waals surface area contributed by atoms with Crippen LogP contribution < -0.4 is 0 Å². The molecule has 0 atom stereocenters. The molecule has 2 rings (SSSR count). The topological polar surface area (TPSA) is 34.7 Å². The highest BCUT2D eigenvalue weighted by molar-refractivity contribution is 9.10. The Morgan fingerprint density at radius 1 is 1.37 bits per heavy atom. The smallest absolute Gasteiger partial charge is 0.420 e. The number of alkyl halides is 3. The number of halogens is 4. The van der Waals surface area contributed by atoms with Crippen LogP contribution in [0.15, 0.2) is 32.1 Å². The molecule has 1 aromatic carbocycles. The average molecular weight is 332 g/mol. The van der Waals surface area contributed by atoms with Gasteiger partial charge in [-0.05, 0) is 18.2 Å². The fourth-order valence-electron chi connectivity index (χ4n) is 1.63. The number of hydrogen-bond donors (Lipinski definition) is 0. The van der Waals surface area contributed by atoms with Gasteiger partial charge in [0.1, 0.15) is 17.9 Å². The van der Waals surface area contributed by atoms with Crippen LogP contribution in [0.5, 0.6) is 0 Å². The predicted molar refractivity (Wildman–Crippen MR) is 68.0 cm³/mol. The largest absolute Gasteiger partial charge is 0.560 e. The molecule has 1 aromatic heterocycles. The highest BCUT2D eigenvalue weighted by atomic mass is 79.9. The van der Waals surface area contributed by atoms with E-state index in [0.29, 0.717) is 9.86 Å². The van der Waals surface area contributed by atoms with Crippen LogP contribution in [0.4, 0.5) is 13.2 Å². The first-order valence-electron chi connectivity index (χ1n) is 5.05. The maximum absolute atomic E-state index is 12.9. The Labute approximate surface area is 116 Å². The van der Waals surface area contributed by atoms with Gasteiger partial charge in [0.15, 0.2) is 6.40 Å². The summed E-state index contributed by atoms with van der Waals surface area (Å²) in [6.07, 6.45) is -3.51. The number of nitrogens with zero attached hydrogens (tertiary/aromatic N) is 1. The van der Waals surface area contributed by atoms with Gasteiger partial charge in [0.25, 0.3) is 0 Å². The van der Waals surface area contributed by atoms with E-state index in [4.69, 9.17) is 12.5 Å². The molecular weight excluding hydrogens is 326 g/mol. The van der Waals surface area contributed by atoms with Crippen LogP contribution in [0, 0.1) is 0 Å². The number of furan rings is 1. The van der Waals surface area contributed by atoms with Gasteiger partial charge >= 0.3 is 14.2 Å². The molecule has 0 N–H and O–H groups in total. The van der Waals surface area contributed by atoms with Crippen molar-refractivity contribution in [2.75, 3.05) is 0 Å².